The number of rotatable bonds is 6. The summed E-state index contributed by atoms with van der Waals surface area (Å²) in [5, 5.41) is 0.244. The fourth-order valence-electron chi connectivity index (χ4n) is 2.63. The summed E-state index contributed by atoms with van der Waals surface area (Å²) in [4.78, 5) is 26.4. The summed E-state index contributed by atoms with van der Waals surface area (Å²) in [6, 6.07) is 0. The van der Waals surface area contributed by atoms with Crippen LogP contribution in [0.25, 0.3) is 0 Å². The van der Waals surface area contributed by atoms with Gasteiger partial charge in [0.25, 0.3) is 0 Å². The van der Waals surface area contributed by atoms with Crippen molar-refractivity contribution in [2.75, 3.05) is 58.3 Å². The van der Waals surface area contributed by atoms with Crippen LogP contribution < -0.4 is 4.90 Å². The van der Waals surface area contributed by atoms with Gasteiger partial charge in [-0.2, -0.15) is 0 Å². The van der Waals surface area contributed by atoms with Gasteiger partial charge in [0.2, 0.25) is 11.2 Å². The molecule has 1 amide bonds. The number of aryl methyl sites for hydroxylation is 1. The molecule has 0 saturated carbocycles. The van der Waals surface area contributed by atoms with Crippen molar-refractivity contribution in [3.63, 3.8) is 0 Å². The van der Waals surface area contributed by atoms with Crippen LogP contribution in [-0.2, 0) is 9.53 Å². The Bertz CT molecular complexity index is 571. The van der Waals surface area contributed by atoms with Crippen molar-refractivity contribution in [1.82, 2.24) is 19.8 Å². The van der Waals surface area contributed by atoms with E-state index in [1.165, 1.54) is 0 Å². The topological polar surface area (TPSA) is 61.8 Å². The van der Waals surface area contributed by atoms with E-state index in [1.54, 1.807) is 11.1 Å². The zero-order chi connectivity index (χ0) is 17.7. The van der Waals surface area contributed by atoms with E-state index in [1.807, 2.05) is 32.8 Å². The molecule has 134 valence electrons. The molecular weight excluding hydrogens is 330 g/mol. The maximum absolute atomic E-state index is 12.2. The number of hydrogen-bond acceptors (Lipinski definition) is 6. The summed E-state index contributed by atoms with van der Waals surface area (Å²) in [5.41, 5.74) is 0.981. The van der Waals surface area contributed by atoms with Crippen LogP contribution in [0.4, 0.5) is 5.82 Å². The second-order valence-corrected chi connectivity index (χ2v) is 6.53. The maximum Gasteiger partial charge on any atom is 0.236 e. The second-order valence-electron chi connectivity index (χ2n) is 6.19. The number of halogens is 1. The third-order valence-corrected chi connectivity index (χ3v) is 4.38. The highest BCUT2D eigenvalue weighted by molar-refractivity contribution is 6.28. The molecule has 0 radical (unpaired) electrons. The number of aromatic nitrogens is 2. The van der Waals surface area contributed by atoms with Crippen LogP contribution >= 0.6 is 11.6 Å². The van der Waals surface area contributed by atoms with E-state index in [0.717, 1.165) is 24.5 Å². The Hall–Kier alpha value is -1.44. The number of anilines is 1. The van der Waals surface area contributed by atoms with Crippen LogP contribution in [0.15, 0.2) is 6.20 Å². The zero-order valence-corrected chi connectivity index (χ0v) is 15.6. The Morgan fingerprint density at radius 2 is 2.25 bits per heavy atom. The molecule has 2 rings (SSSR count). The van der Waals surface area contributed by atoms with Gasteiger partial charge in [-0.25, -0.2) is 9.97 Å². The quantitative estimate of drug-likeness (QED) is 0.711. The summed E-state index contributed by atoms with van der Waals surface area (Å²) in [6.45, 7) is 7.85. The third kappa shape index (κ3) is 5.03. The number of morpholine rings is 1. The van der Waals surface area contributed by atoms with Crippen LogP contribution in [-0.4, -0.2) is 85.2 Å². The number of amides is 1. The minimum absolute atomic E-state index is 0.0484. The molecule has 7 nitrogen and oxygen atoms in total. The lowest BCUT2D eigenvalue weighted by atomic mass is 10.2. The Kier molecular flexibility index (Phi) is 6.77. The molecule has 1 fully saturated rings. The highest BCUT2D eigenvalue weighted by Crippen LogP contribution is 2.21. The fourth-order valence-corrected chi connectivity index (χ4v) is 2.75. The van der Waals surface area contributed by atoms with Gasteiger partial charge in [-0.1, -0.05) is 6.92 Å². The molecule has 0 N–H and O–H groups in total. The van der Waals surface area contributed by atoms with E-state index in [9.17, 15) is 4.79 Å². The van der Waals surface area contributed by atoms with Gasteiger partial charge >= 0.3 is 0 Å². The lowest BCUT2D eigenvalue weighted by Gasteiger charge is -2.36. The Morgan fingerprint density at radius 3 is 2.96 bits per heavy atom. The Labute approximate surface area is 148 Å². The smallest absolute Gasteiger partial charge is 0.236 e. The first-order valence-corrected chi connectivity index (χ1v) is 8.56. The molecule has 0 aromatic carbocycles. The van der Waals surface area contributed by atoms with E-state index in [4.69, 9.17) is 16.3 Å². The van der Waals surface area contributed by atoms with Crippen LogP contribution in [0.1, 0.15) is 12.5 Å². The zero-order valence-electron chi connectivity index (χ0n) is 14.8. The summed E-state index contributed by atoms with van der Waals surface area (Å²) in [5.74, 6) is 0.935. The number of likely N-dealkylation sites (N-methyl/N-ethyl adjacent to an activating group) is 2. The largest absolute Gasteiger partial charge is 0.373 e. The molecule has 1 aromatic rings. The van der Waals surface area contributed by atoms with E-state index in [0.29, 0.717) is 26.2 Å². The van der Waals surface area contributed by atoms with Crippen molar-refractivity contribution in [3.05, 3.63) is 17.0 Å². The Morgan fingerprint density at radius 1 is 1.50 bits per heavy atom. The molecular formula is C16H26ClN5O2. The number of carbonyl (C=O) groups is 1. The molecule has 8 heteroatoms. The van der Waals surface area contributed by atoms with E-state index >= 15 is 0 Å². The molecule has 0 spiro atoms. The van der Waals surface area contributed by atoms with Crippen molar-refractivity contribution in [3.8, 4) is 0 Å². The van der Waals surface area contributed by atoms with E-state index < -0.39 is 0 Å². The second kappa shape index (κ2) is 8.60. The summed E-state index contributed by atoms with van der Waals surface area (Å²) in [7, 11) is 3.76. The van der Waals surface area contributed by atoms with Gasteiger partial charge in [-0.3, -0.25) is 9.69 Å². The van der Waals surface area contributed by atoms with E-state index in [2.05, 4.69) is 14.9 Å². The minimum atomic E-state index is -0.0484. The predicted octanol–water partition coefficient (Wildman–Crippen LogP) is 1.05. The van der Waals surface area contributed by atoms with Gasteiger partial charge in [0, 0.05) is 38.4 Å². The first-order chi connectivity index (χ1) is 11.4. The van der Waals surface area contributed by atoms with Crippen molar-refractivity contribution < 1.29 is 9.53 Å². The summed E-state index contributed by atoms with van der Waals surface area (Å²) >= 11 is 5.92. The third-order valence-electron chi connectivity index (χ3n) is 4.20. The fraction of sp³-hybridized carbons (Fsp3) is 0.688. The normalized spacial score (nSPS) is 18.1. The Balaban J connectivity index is 1.95. The molecule has 0 aliphatic carbocycles. The first kappa shape index (κ1) is 18.9. The average Bonchev–Trinajstić information content (AvgIpc) is 2.57. The van der Waals surface area contributed by atoms with Crippen molar-refractivity contribution >= 4 is 23.3 Å². The SMILES string of the molecule is CCN(C)CC(=O)N(C)CC1CN(c2nc(Cl)ncc2C)CCO1. The molecule has 1 saturated heterocycles. The molecule has 1 aliphatic rings. The first-order valence-electron chi connectivity index (χ1n) is 8.19. The lowest BCUT2D eigenvalue weighted by molar-refractivity contribution is -0.132. The number of nitrogens with zero attached hydrogens (tertiary/aromatic N) is 5. The monoisotopic (exact) mass is 355 g/mol. The highest BCUT2D eigenvalue weighted by Gasteiger charge is 2.25. The van der Waals surface area contributed by atoms with Crippen LogP contribution in [0.2, 0.25) is 5.28 Å². The van der Waals surface area contributed by atoms with Gasteiger partial charge in [0.1, 0.15) is 5.82 Å². The standard InChI is InChI=1S/C16H26ClN5O2/c1-5-20(3)11-14(23)21(4)9-13-10-22(6-7-24-13)15-12(2)8-18-16(17)19-15/h8,13H,5-7,9-11H2,1-4H3. The molecule has 1 atom stereocenters. The van der Waals surface area contributed by atoms with Gasteiger partial charge in [0.15, 0.2) is 0 Å². The lowest BCUT2D eigenvalue weighted by Crippen LogP contribution is -2.49. The minimum Gasteiger partial charge on any atom is -0.373 e. The molecule has 1 aromatic heterocycles. The molecule has 2 heterocycles. The summed E-state index contributed by atoms with van der Waals surface area (Å²) in [6.07, 6.45) is 1.68. The molecule has 1 aliphatic heterocycles. The van der Waals surface area contributed by atoms with Crippen molar-refractivity contribution in [1.29, 1.82) is 0 Å². The van der Waals surface area contributed by atoms with Gasteiger partial charge < -0.3 is 14.5 Å². The molecule has 1 unspecified atom stereocenters. The van der Waals surface area contributed by atoms with E-state index in [-0.39, 0.29) is 17.3 Å². The van der Waals surface area contributed by atoms with Crippen LogP contribution in [0, 0.1) is 6.92 Å². The number of ether oxygens (including phenoxy) is 1. The van der Waals surface area contributed by atoms with Crippen molar-refractivity contribution in [2.45, 2.75) is 20.0 Å². The van der Waals surface area contributed by atoms with Crippen LogP contribution in [0.5, 0.6) is 0 Å². The number of carbonyl (C=O) groups excluding carboxylic acids is 1. The summed E-state index contributed by atoms with van der Waals surface area (Å²) < 4.78 is 5.83. The van der Waals surface area contributed by atoms with Gasteiger partial charge in [-0.05, 0) is 32.1 Å². The number of hydrogen-bond donors (Lipinski definition) is 0. The van der Waals surface area contributed by atoms with Gasteiger partial charge in [-0.15, -0.1) is 0 Å². The molecule has 24 heavy (non-hydrogen) atoms. The highest BCUT2D eigenvalue weighted by atomic mass is 35.5. The van der Waals surface area contributed by atoms with Crippen LogP contribution in [0.3, 0.4) is 0 Å². The average molecular weight is 356 g/mol. The molecule has 0 bridgehead atoms. The maximum atomic E-state index is 12.2. The van der Waals surface area contributed by atoms with Gasteiger partial charge in [0.05, 0.1) is 19.3 Å². The predicted molar refractivity (Wildman–Crippen MR) is 94.5 cm³/mol. The van der Waals surface area contributed by atoms with Crippen molar-refractivity contribution in [2.24, 2.45) is 0 Å².